The predicted octanol–water partition coefficient (Wildman–Crippen LogP) is 1.76. The van der Waals surface area contributed by atoms with Crippen molar-refractivity contribution in [1.29, 1.82) is 0 Å². The lowest BCUT2D eigenvalue weighted by atomic mass is 10.1. The van der Waals surface area contributed by atoms with E-state index in [1.165, 1.54) is 5.56 Å². The van der Waals surface area contributed by atoms with Crippen LogP contribution in [0, 0.1) is 0 Å². The zero-order valence-electron chi connectivity index (χ0n) is 12.7. The average molecular weight is 282 g/mol. The van der Waals surface area contributed by atoms with E-state index in [4.69, 9.17) is 19.9 Å². The number of rotatable bonds is 10. The number of benzene rings is 1. The van der Waals surface area contributed by atoms with Crippen LogP contribution in [0.25, 0.3) is 0 Å². The fraction of sp³-hybridized carbons (Fsp3) is 0.600. The fourth-order valence-electron chi connectivity index (χ4n) is 2.06. The molecular formula is C15H26N2O3. The van der Waals surface area contributed by atoms with Crippen molar-refractivity contribution in [1.82, 2.24) is 4.90 Å². The topological polar surface area (TPSA) is 57.0 Å². The van der Waals surface area contributed by atoms with Crippen LogP contribution in [-0.4, -0.2) is 52.5 Å². The summed E-state index contributed by atoms with van der Waals surface area (Å²) in [5.74, 6) is 0.719. The van der Waals surface area contributed by atoms with Gasteiger partial charge in [0.05, 0.1) is 19.4 Å². The van der Waals surface area contributed by atoms with Gasteiger partial charge in [0.2, 0.25) is 0 Å². The van der Waals surface area contributed by atoms with Gasteiger partial charge >= 0.3 is 0 Å². The molecule has 0 aliphatic heterocycles. The van der Waals surface area contributed by atoms with Crippen molar-refractivity contribution < 1.29 is 14.2 Å². The highest BCUT2D eigenvalue weighted by Gasteiger charge is 2.07. The Morgan fingerprint density at radius 1 is 1.05 bits per heavy atom. The summed E-state index contributed by atoms with van der Waals surface area (Å²) in [7, 11) is 5.07. The molecule has 0 spiro atoms. The Bertz CT molecular complexity index is 385. The molecular weight excluding hydrogens is 256 g/mol. The molecule has 114 valence electrons. The number of methoxy groups -OCH3 is 3. The molecule has 0 atom stereocenters. The first kappa shape index (κ1) is 16.8. The van der Waals surface area contributed by atoms with Gasteiger partial charge in [-0.1, -0.05) is 6.07 Å². The monoisotopic (exact) mass is 282 g/mol. The van der Waals surface area contributed by atoms with E-state index in [-0.39, 0.29) is 0 Å². The van der Waals surface area contributed by atoms with Crippen molar-refractivity contribution in [2.75, 3.05) is 53.4 Å². The number of nitrogens with two attached hydrogens (primary N) is 1. The molecule has 0 aliphatic carbocycles. The van der Waals surface area contributed by atoms with Gasteiger partial charge in [-0.2, -0.15) is 0 Å². The summed E-state index contributed by atoms with van der Waals surface area (Å²) in [5.41, 5.74) is 7.79. The molecule has 0 heterocycles. The molecule has 0 fully saturated rings. The Kier molecular flexibility index (Phi) is 8.02. The van der Waals surface area contributed by atoms with E-state index in [1.807, 2.05) is 18.2 Å². The lowest BCUT2D eigenvalue weighted by Crippen LogP contribution is -2.28. The van der Waals surface area contributed by atoms with Crippen molar-refractivity contribution in [3.05, 3.63) is 23.8 Å². The van der Waals surface area contributed by atoms with E-state index in [2.05, 4.69) is 4.90 Å². The largest absolute Gasteiger partial charge is 0.495 e. The van der Waals surface area contributed by atoms with Crippen LogP contribution in [0.5, 0.6) is 5.75 Å². The molecule has 2 N–H and O–H groups in total. The molecule has 0 unspecified atom stereocenters. The summed E-state index contributed by atoms with van der Waals surface area (Å²) in [5, 5.41) is 0. The molecule has 0 saturated heterocycles. The van der Waals surface area contributed by atoms with Gasteiger partial charge in [-0.05, 0) is 24.1 Å². The minimum atomic E-state index is 0.675. The van der Waals surface area contributed by atoms with Crippen molar-refractivity contribution in [2.45, 2.75) is 13.0 Å². The standard InChI is InChI=1S/C15H26N2O3/c1-18-9-4-7-17(8-10-19-2)12-13-5-6-15(20-3)14(16)11-13/h5-6,11H,4,7-10,12,16H2,1-3H3. The van der Waals surface area contributed by atoms with Crippen LogP contribution in [0.1, 0.15) is 12.0 Å². The van der Waals surface area contributed by atoms with Gasteiger partial charge in [-0.3, -0.25) is 4.90 Å². The Hall–Kier alpha value is -1.30. The number of anilines is 1. The highest BCUT2D eigenvalue weighted by molar-refractivity contribution is 5.54. The maximum atomic E-state index is 5.94. The quantitative estimate of drug-likeness (QED) is 0.523. The number of nitrogens with zero attached hydrogens (tertiary/aromatic N) is 1. The third-order valence-electron chi connectivity index (χ3n) is 3.13. The first-order valence-corrected chi connectivity index (χ1v) is 6.84. The van der Waals surface area contributed by atoms with Gasteiger partial charge in [0.1, 0.15) is 5.75 Å². The Morgan fingerprint density at radius 2 is 1.80 bits per heavy atom. The summed E-state index contributed by atoms with van der Waals surface area (Å²) in [4.78, 5) is 2.34. The molecule has 0 amide bonds. The summed E-state index contributed by atoms with van der Waals surface area (Å²) >= 11 is 0. The van der Waals surface area contributed by atoms with Gasteiger partial charge in [0.25, 0.3) is 0 Å². The molecule has 0 aliphatic rings. The first-order chi connectivity index (χ1) is 9.71. The number of nitrogen functional groups attached to an aromatic ring is 1. The number of ether oxygens (including phenoxy) is 3. The van der Waals surface area contributed by atoms with Crippen LogP contribution in [0.3, 0.4) is 0 Å². The van der Waals surface area contributed by atoms with Gasteiger partial charge < -0.3 is 19.9 Å². The molecule has 20 heavy (non-hydrogen) atoms. The molecule has 1 aromatic carbocycles. The summed E-state index contributed by atoms with van der Waals surface area (Å²) in [6.07, 6.45) is 1.01. The van der Waals surface area contributed by atoms with Crippen molar-refractivity contribution in [2.24, 2.45) is 0 Å². The average Bonchev–Trinajstić information content (AvgIpc) is 2.45. The second-order valence-corrected chi connectivity index (χ2v) is 4.69. The van der Waals surface area contributed by atoms with Crippen LogP contribution in [-0.2, 0) is 16.0 Å². The molecule has 1 rings (SSSR count). The van der Waals surface area contributed by atoms with Crippen LogP contribution < -0.4 is 10.5 Å². The smallest absolute Gasteiger partial charge is 0.141 e. The first-order valence-electron chi connectivity index (χ1n) is 6.84. The minimum absolute atomic E-state index is 0.675. The number of hydrogen-bond acceptors (Lipinski definition) is 5. The van der Waals surface area contributed by atoms with Crippen LogP contribution >= 0.6 is 0 Å². The molecule has 5 heteroatoms. The van der Waals surface area contributed by atoms with Gasteiger partial charge in [0, 0.05) is 40.5 Å². The number of hydrogen-bond donors (Lipinski definition) is 1. The molecule has 0 saturated carbocycles. The van der Waals surface area contributed by atoms with E-state index in [0.717, 1.165) is 45.0 Å². The lowest BCUT2D eigenvalue weighted by Gasteiger charge is -2.22. The fourth-order valence-corrected chi connectivity index (χ4v) is 2.06. The van der Waals surface area contributed by atoms with Crippen molar-refractivity contribution >= 4 is 5.69 Å². The summed E-state index contributed by atoms with van der Waals surface area (Å²) in [6, 6.07) is 5.93. The Morgan fingerprint density at radius 3 is 2.40 bits per heavy atom. The third kappa shape index (κ3) is 5.77. The van der Waals surface area contributed by atoms with Gasteiger partial charge in [-0.15, -0.1) is 0 Å². The van der Waals surface area contributed by atoms with Gasteiger partial charge in [-0.25, -0.2) is 0 Å². The predicted molar refractivity (Wildman–Crippen MR) is 81.1 cm³/mol. The second kappa shape index (κ2) is 9.58. The molecule has 1 aromatic rings. The van der Waals surface area contributed by atoms with E-state index in [0.29, 0.717) is 5.69 Å². The molecule has 0 aromatic heterocycles. The van der Waals surface area contributed by atoms with Crippen LogP contribution in [0.2, 0.25) is 0 Å². The normalized spacial score (nSPS) is 11.0. The van der Waals surface area contributed by atoms with Crippen molar-refractivity contribution in [3.63, 3.8) is 0 Å². The van der Waals surface area contributed by atoms with E-state index >= 15 is 0 Å². The Labute approximate surface area is 121 Å². The van der Waals surface area contributed by atoms with E-state index in [9.17, 15) is 0 Å². The van der Waals surface area contributed by atoms with Crippen molar-refractivity contribution in [3.8, 4) is 5.75 Å². The zero-order chi connectivity index (χ0) is 14.8. The highest BCUT2D eigenvalue weighted by Crippen LogP contribution is 2.22. The summed E-state index contributed by atoms with van der Waals surface area (Å²) in [6.45, 7) is 4.21. The second-order valence-electron chi connectivity index (χ2n) is 4.69. The van der Waals surface area contributed by atoms with Crippen LogP contribution in [0.4, 0.5) is 5.69 Å². The van der Waals surface area contributed by atoms with Crippen LogP contribution in [0.15, 0.2) is 18.2 Å². The molecule has 0 bridgehead atoms. The maximum Gasteiger partial charge on any atom is 0.141 e. The SMILES string of the molecule is COCCCN(CCOC)Cc1ccc(OC)c(N)c1. The van der Waals surface area contributed by atoms with E-state index in [1.54, 1.807) is 21.3 Å². The summed E-state index contributed by atoms with van der Waals surface area (Å²) < 4.78 is 15.4. The Balaban J connectivity index is 2.60. The third-order valence-corrected chi connectivity index (χ3v) is 3.13. The zero-order valence-corrected chi connectivity index (χ0v) is 12.7. The highest BCUT2D eigenvalue weighted by atomic mass is 16.5. The maximum absolute atomic E-state index is 5.94. The lowest BCUT2D eigenvalue weighted by molar-refractivity contribution is 0.129. The van der Waals surface area contributed by atoms with Gasteiger partial charge in [0.15, 0.2) is 0 Å². The molecule has 5 nitrogen and oxygen atoms in total. The minimum Gasteiger partial charge on any atom is -0.495 e. The van der Waals surface area contributed by atoms with E-state index < -0.39 is 0 Å². The molecule has 0 radical (unpaired) electrons.